The Morgan fingerprint density at radius 3 is 2.68 bits per heavy atom. The zero-order valence-corrected chi connectivity index (χ0v) is 13.6. The number of anilines is 1. The Morgan fingerprint density at radius 1 is 1.18 bits per heavy atom. The number of fused-ring (bicyclic) bond motifs is 1. The number of carbonyl (C=O) groups is 1. The van der Waals surface area contributed by atoms with Gasteiger partial charge >= 0.3 is 0 Å². The molecule has 0 bridgehead atoms. The molecule has 1 N–H and O–H groups in total. The zero-order valence-electron chi connectivity index (χ0n) is 12.8. The third-order valence-electron chi connectivity index (χ3n) is 3.68. The number of carbonyl (C=O) groups excluding carboxylic acids is 1. The van der Waals surface area contributed by atoms with Gasteiger partial charge in [0.25, 0.3) is 0 Å². The van der Waals surface area contributed by atoms with Crippen LogP contribution in [0.4, 0.5) is 5.69 Å². The van der Waals surface area contributed by atoms with Gasteiger partial charge in [0, 0.05) is 30.7 Å². The van der Waals surface area contributed by atoms with Crippen LogP contribution in [0.15, 0.2) is 48.5 Å². The van der Waals surface area contributed by atoms with Gasteiger partial charge in [0.15, 0.2) is 6.54 Å². The normalized spacial score (nSPS) is 10.8. The molecule has 0 atom stereocenters. The van der Waals surface area contributed by atoms with Gasteiger partial charge in [-0.05, 0) is 12.1 Å². The molecule has 0 fully saturated rings. The highest BCUT2D eigenvalue weighted by Crippen LogP contribution is 2.24. The van der Waals surface area contributed by atoms with Gasteiger partial charge in [-0.2, -0.15) is 4.57 Å². The maximum absolute atomic E-state index is 11.6. The third-order valence-corrected chi connectivity index (χ3v) is 4.76. The second-order valence-corrected chi connectivity index (χ2v) is 6.51. The Bertz CT molecular complexity index is 809. The molecular formula is C18H19N2OS+. The minimum absolute atomic E-state index is 0.0425. The van der Waals surface area contributed by atoms with Gasteiger partial charge in [0.1, 0.15) is 4.70 Å². The van der Waals surface area contributed by atoms with E-state index in [-0.39, 0.29) is 5.91 Å². The molecule has 112 valence electrons. The number of amides is 1. The highest BCUT2D eigenvalue weighted by molar-refractivity contribution is 7.18. The van der Waals surface area contributed by atoms with E-state index in [2.05, 4.69) is 53.2 Å². The minimum Gasteiger partial charge on any atom is -0.326 e. The monoisotopic (exact) mass is 311 g/mol. The molecule has 0 spiro atoms. The zero-order chi connectivity index (χ0) is 15.5. The molecule has 1 heterocycles. The molecule has 0 unspecified atom stereocenters. The van der Waals surface area contributed by atoms with Crippen LogP contribution in [0.25, 0.3) is 10.2 Å². The Hall–Kier alpha value is -2.20. The number of benzene rings is 2. The fourth-order valence-electron chi connectivity index (χ4n) is 2.49. The van der Waals surface area contributed by atoms with E-state index in [1.165, 1.54) is 20.8 Å². The van der Waals surface area contributed by atoms with E-state index in [4.69, 9.17) is 0 Å². The predicted octanol–water partition coefficient (Wildman–Crippen LogP) is 3.89. The standard InChI is InChI=1S/C18H18N2OS/c1-3-18(21)19-15-9-10-17-16(11-15)20(13(2)22-17)12-14-7-5-4-6-8-14/h4-11H,3,12H2,1-2H3/p+1. The van der Waals surface area contributed by atoms with Crippen LogP contribution in [-0.4, -0.2) is 5.91 Å². The Morgan fingerprint density at radius 2 is 1.95 bits per heavy atom. The van der Waals surface area contributed by atoms with Crippen molar-refractivity contribution in [1.82, 2.24) is 0 Å². The summed E-state index contributed by atoms with van der Waals surface area (Å²) in [4.78, 5) is 11.6. The number of aryl methyl sites for hydroxylation is 1. The van der Waals surface area contributed by atoms with Crippen LogP contribution < -0.4 is 9.88 Å². The highest BCUT2D eigenvalue weighted by atomic mass is 32.1. The largest absolute Gasteiger partial charge is 0.326 e. The van der Waals surface area contributed by atoms with Gasteiger partial charge in [-0.15, -0.1) is 0 Å². The summed E-state index contributed by atoms with van der Waals surface area (Å²) in [6, 6.07) is 16.6. The molecule has 3 nitrogen and oxygen atoms in total. The Labute approximate surface area is 134 Å². The molecule has 0 aliphatic carbocycles. The number of aromatic nitrogens is 1. The first-order valence-electron chi connectivity index (χ1n) is 7.44. The van der Waals surface area contributed by atoms with Crippen molar-refractivity contribution in [3.63, 3.8) is 0 Å². The van der Waals surface area contributed by atoms with Crippen molar-refractivity contribution in [2.45, 2.75) is 26.8 Å². The average molecular weight is 311 g/mol. The van der Waals surface area contributed by atoms with Gasteiger partial charge in [-0.1, -0.05) is 48.6 Å². The SMILES string of the molecule is CCC(=O)Nc1ccc2sc(C)[n+](Cc3ccccc3)c2c1. The van der Waals surface area contributed by atoms with Crippen LogP contribution in [-0.2, 0) is 11.3 Å². The van der Waals surface area contributed by atoms with Crippen molar-refractivity contribution < 1.29 is 9.36 Å². The van der Waals surface area contributed by atoms with Crippen molar-refractivity contribution >= 4 is 33.1 Å². The summed E-state index contributed by atoms with van der Waals surface area (Å²) in [5.41, 5.74) is 3.30. The van der Waals surface area contributed by atoms with E-state index < -0.39 is 0 Å². The van der Waals surface area contributed by atoms with Crippen molar-refractivity contribution in [2.75, 3.05) is 5.32 Å². The Kier molecular flexibility index (Phi) is 4.20. The van der Waals surface area contributed by atoms with Gasteiger partial charge in [-0.25, -0.2) is 0 Å². The van der Waals surface area contributed by atoms with Crippen molar-refractivity contribution in [2.24, 2.45) is 0 Å². The number of nitrogens with one attached hydrogen (secondary N) is 1. The number of hydrogen-bond acceptors (Lipinski definition) is 2. The summed E-state index contributed by atoms with van der Waals surface area (Å²) in [5.74, 6) is 0.0425. The van der Waals surface area contributed by atoms with E-state index in [1.54, 1.807) is 11.3 Å². The quantitative estimate of drug-likeness (QED) is 0.728. The molecular weight excluding hydrogens is 292 g/mol. The molecule has 4 heteroatoms. The summed E-state index contributed by atoms with van der Waals surface area (Å²) in [6.07, 6.45) is 0.491. The van der Waals surface area contributed by atoms with E-state index in [9.17, 15) is 4.79 Å². The summed E-state index contributed by atoms with van der Waals surface area (Å²) < 4.78 is 3.54. The molecule has 22 heavy (non-hydrogen) atoms. The molecule has 0 aliphatic heterocycles. The number of hydrogen-bond donors (Lipinski definition) is 1. The lowest BCUT2D eigenvalue weighted by atomic mass is 10.2. The van der Waals surface area contributed by atoms with Crippen LogP contribution in [0.2, 0.25) is 0 Å². The fraction of sp³-hybridized carbons (Fsp3) is 0.222. The molecule has 1 aromatic heterocycles. The molecule has 2 aromatic carbocycles. The summed E-state index contributed by atoms with van der Waals surface area (Å²) in [6.45, 7) is 4.84. The molecule has 0 saturated heterocycles. The first-order chi connectivity index (χ1) is 10.7. The summed E-state index contributed by atoms with van der Waals surface area (Å²) >= 11 is 1.78. The van der Waals surface area contributed by atoms with Crippen LogP contribution in [0.3, 0.4) is 0 Å². The number of thiazole rings is 1. The molecule has 0 radical (unpaired) electrons. The maximum atomic E-state index is 11.6. The highest BCUT2D eigenvalue weighted by Gasteiger charge is 2.18. The minimum atomic E-state index is 0.0425. The number of rotatable bonds is 4. The van der Waals surface area contributed by atoms with Crippen molar-refractivity contribution in [1.29, 1.82) is 0 Å². The van der Waals surface area contributed by atoms with E-state index >= 15 is 0 Å². The van der Waals surface area contributed by atoms with E-state index in [0.29, 0.717) is 6.42 Å². The fourth-order valence-corrected chi connectivity index (χ4v) is 3.49. The first kappa shape index (κ1) is 14.7. The van der Waals surface area contributed by atoms with Gasteiger partial charge in [-0.3, -0.25) is 4.79 Å². The van der Waals surface area contributed by atoms with Gasteiger partial charge in [0.2, 0.25) is 16.4 Å². The molecule has 3 aromatic rings. The number of nitrogens with zero attached hydrogens (tertiary/aromatic N) is 1. The van der Waals surface area contributed by atoms with E-state index in [1.807, 2.05) is 19.1 Å². The first-order valence-corrected chi connectivity index (χ1v) is 8.26. The van der Waals surface area contributed by atoms with Crippen LogP contribution in [0, 0.1) is 6.92 Å². The van der Waals surface area contributed by atoms with Crippen molar-refractivity contribution in [3.8, 4) is 0 Å². The van der Waals surface area contributed by atoms with Gasteiger partial charge in [0.05, 0.1) is 0 Å². The lowest BCUT2D eigenvalue weighted by Crippen LogP contribution is -2.35. The van der Waals surface area contributed by atoms with Crippen LogP contribution in [0.1, 0.15) is 23.9 Å². The molecule has 0 saturated carbocycles. The predicted molar refractivity (Wildman–Crippen MR) is 91.2 cm³/mol. The Balaban J connectivity index is 1.99. The summed E-state index contributed by atoms with van der Waals surface area (Å²) in [7, 11) is 0. The van der Waals surface area contributed by atoms with Crippen LogP contribution >= 0.6 is 11.3 Å². The second-order valence-electron chi connectivity index (χ2n) is 5.28. The van der Waals surface area contributed by atoms with Crippen LogP contribution in [0.5, 0.6) is 0 Å². The summed E-state index contributed by atoms with van der Waals surface area (Å²) in [5, 5.41) is 4.20. The second kappa shape index (κ2) is 6.28. The maximum Gasteiger partial charge on any atom is 0.235 e. The molecule has 0 aliphatic rings. The van der Waals surface area contributed by atoms with E-state index in [0.717, 1.165) is 12.2 Å². The lowest BCUT2D eigenvalue weighted by Gasteiger charge is -2.03. The third kappa shape index (κ3) is 3.02. The van der Waals surface area contributed by atoms with Gasteiger partial charge < -0.3 is 5.32 Å². The van der Waals surface area contributed by atoms with Crippen molar-refractivity contribution in [3.05, 3.63) is 59.1 Å². The average Bonchev–Trinajstić information content (AvgIpc) is 2.84. The lowest BCUT2D eigenvalue weighted by molar-refractivity contribution is -0.663. The molecule has 1 amide bonds. The molecule has 3 rings (SSSR count). The topological polar surface area (TPSA) is 33.0 Å². The smallest absolute Gasteiger partial charge is 0.235 e.